The van der Waals surface area contributed by atoms with E-state index in [1.807, 2.05) is 37.3 Å². The molecule has 5 unspecified atom stereocenters. The smallest absolute Gasteiger partial charge is 0.327 e. The predicted molar refractivity (Wildman–Crippen MR) is 147 cm³/mol. The second kappa shape index (κ2) is 15.0. The van der Waals surface area contributed by atoms with Crippen molar-refractivity contribution in [3.8, 4) is 5.75 Å². The Morgan fingerprint density at radius 3 is 1.97 bits per heavy atom. The van der Waals surface area contributed by atoms with Crippen LogP contribution in [0.5, 0.6) is 5.75 Å². The topological polar surface area (TPSA) is 171 Å². The fourth-order valence-electron chi connectivity index (χ4n) is 3.72. The average molecular weight is 545 g/mol. The van der Waals surface area contributed by atoms with Crippen molar-refractivity contribution in [3.05, 3.63) is 65.7 Å². The summed E-state index contributed by atoms with van der Waals surface area (Å²) < 4.78 is 0. The highest BCUT2D eigenvalue weighted by Gasteiger charge is 2.32. The molecule has 0 fully saturated rings. The maximum Gasteiger partial charge on any atom is 0.327 e. The van der Waals surface area contributed by atoms with Gasteiger partial charge in [0.25, 0.3) is 0 Å². The summed E-state index contributed by atoms with van der Waals surface area (Å²) in [4.78, 5) is 50.7. The van der Waals surface area contributed by atoms with Crippen LogP contribution < -0.4 is 21.7 Å². The molecule has 0 radical (unpaired) electrons. The Morgan fingerprint density at radius 2 is 1.42 bits per heavy atom. The number of benzene rings is 2. The van der Waals surface area contributed by atoms with Crippen LogP contribution in [0.1, 0.15) is 31.4 Å². The largest absolute Gasteiger partial charge is 0.508 e. The third-order valence-electron chi connectivity index (χ3n) is 6.23. The van der Waals surface area contributed by atoms with Crippen LogP contribution in [0.3, 0.4) is 0 Å². The molecule has 5 atom stereocenters. The highest BCUT2D eigenvalue weighted by Crippen LogP contribution is 2.13. The van der Waals surface area contributed by atoms with Gasteiger partial charge in [0, 0.05) is 12.2 Å². The number of aromatic hydroxyl groups is 1. The lowest BCUT2D eigenvalue weighted by Crippen LogP contribution is -2.59. The third-order valence-corrected chi connectivity index (χ3v) is 6.60. The Balaban J connectivity index is 2.21. The van der Waals surface area contributed by atoms with E-state index < -0.39 is 47.9 Å². The molecule has 2 aromatic carbocycles. The highest BCUT2D eigenvalue weighted by molar-refractivity contribution is 7.80. The summed E-state index contributed by atoms with van der Waals surface area (Å²) in [6.07, 6.45) is 0.863. The van der Waals surface area contributed by atoms with Crippen LogP contribution in [0.4, 0.5) is 0 Å². The molecule has 0 aliphatic heterocycles. The Bertz CT molecular complexity index is 1080. The Hall–Kier alpha value is -3.57. The number of nitrogens with two attached hydrogens (primary N) is 1. The fourth-order valence-corrected chi connectivity index (χ4v) is 3.97. The minimum absolute atomic E-state index is 0.0929. The Morgan fingerprint density at radius 1 is 0.842 bits per heavy atom. The molecule has 0 bridgehead atoms. The first-order valence-electron chi connectivity index (χ1n) is 12.4. The monoisotopic (exact) mass is 544 g/mol. The van der Waals surface area contributed by atoms with Crippen LogP contribution in [0.25, 0.3) is 0 Å². The molecule has 3 amide bonds. The number of carbonyl (C=O) groups excluding carboxylic acids is 3. The van der Waals surface area contributed by atoms with E-state index in [1.54, 1.807) is 19.1 Å². The van der Waals surface area contributed by atoms with Crippen LogP contribution in [-0.4, -0.2) is 63.8 Å². The van der Waals surface area contributed by atoms with Gasteiger partial charge < -0.3 is 31.9 Å². The van der Waals surface area contributed by atoms with Gasteiger partial charge in [-0.05, 0) is 35.6 Å². The molecular weight excluding hydrogens is 508 g/mol. The number of rotatable bonds is 14. The third kappa shape index (κ3) is 9.38. The number of amides is 3. The number of phenols is 1. The molecule has 10 nitrogen and oxygen atoms in total. The number of carboxylic acid groups (broad SMARTS) is 1. The standard InChI is InChI=1S/C27H36N4O6S/c1-3-16(2)23(26(35)30-22(15-38)27(36)37)31-25(34)21(14-17-7-5-4-6-8-17)29-24(33)20(28)13-18-9-11-19(32)12-10-18/h4-12,16,20-23,32,38H,3,13-15,28H2,1-2H3,(H,29,33)(H,30,35)(H,31,34)(H,36,37). The highest BCUT2D eigenvalue weighted by atomic mass is 32.1. The van der Waals surface area contributed by atoms with Gasteiger partial charge in [0.1, 0.15) is 23.9 Å². The van der Waals surface area contributed by atoms with E-state index >= 15 is 0 Å². The molecule has 0 aromatic heterocycles. The number of carboxylic acids is 1. The van der Waals surface area contributed by atoms with Crippen molar-refractivity contribution in [1.29, 1.82) is 0 Å². The molecule has 206 valence electrons. The lowest BCUT2D eigenvalue weighted by atomic mass is 9.96. The van der Waals surface area contributed by atoms with Crippen molar-refractivity contribution in [1.82, 2.24) is 16.0 Å². The number of hydrogen-bond donors (Lipinski definition) is 7. The first kappa shape index (κ1) is 30.7. The van der Waals surface area contributed by atoms with Crippen molar-refractivity contribution >= 4 is 36.3 Å². The maximum atomic E-state index is 13.4. The quantitative estimate of drug-likeness (QED) is 0.174. The van der Waals surface area contributed by atoms with Crippen molar-refractivity contribution in [2.75, 3.05) is 5.75 Å². The van der Waals surface area contributed by atoms with E-state index in [9.17, 15) is 29.4 Å². The Labute approximate surface area is 227 Å². The zero-order valence-electron chi connectivity index (χ0n) is 21.5. The molecule has 2 aromatic rings. The maximum absolute atomic E-state index is 13.4. The number of hydrogen-bond acceptors (Lipinski definition) is 7. The molecule has 0 heterocycles. The van der Waals surface area contributed by atoms with Gasteiger partial charge in [-0.3, -0.25) is 14.4 Å². The van der Waals surface area contributed by atoms with Crippen LogP contribution in [0.2, 0.25) is 0 Å². The van der Waals surface area contributed by atoms with Gasteiger partial charge in [-0.1, -0.05) is 62.7 Å². The number of phenolic OH excluding ortho intramolecular Hbond substituents is 1. The lowest BCUT2D eigenvalue weighted by Gasteiger charge is -2.28. The molecule has 0 aliphatic carbocycles. The van der Waals surface area contributed by atoms with E-state index in [0.717, 1.165) is 11.1 Å². The zero-order valence-corrected chi connectivity index (χ0v) is 22.4. The van der Waals surface area contributed by atoms with Crippen molar-refractivity contribution in [2.24, 2.45) is 11.7 Å². The van der Waals surface area contributed by atoms with Gasteiger partial charge in [-0.15, -0.1) is 0 Å². The second-order valence-electron chi connectivity index (χ2n) is 9.18. The van der Waals surface area contributed by atoms with Gasteiger partial charge in [-0.25, -0.2) is 4.79 Å². The van der Waals surface area contributed by atoms with Crippen molar-refractivity contribution in [3.63, 3.8) is 0 Å². The molecule has 7 N–H and O–H groups in total. The van der Waals surface area contributed by atoms with Crippen molar-refractivity contribution < 1.29 is 29.4 Å². The average Bonchev–Trinajstić information content (AvgIpc) is 2.90. The summed E-state index contributed by atoms with van der Waals surface area (Å²) in [6.45, 7) is 3.61. The molecule has 11 heteroatoms. The molecule has 0 saturated heterocycles. The minimum atomic E-state index is -1.24. The van der Waals surface area contributed by atoms with Gasteiger partial charge in [0.05, 0.1) is 6.04 Å². The molecular formula is C27H36N4O6S. The fraction of sp³-hybridized carbons (Fsp3) is 0.407. The van der Waals surface area contributed by atoms with E-state index in [0.29, 0.717) is 6.42 Å². The summed E-state index contributed by atoms with van der Waals surface area (Å²) >= 11 is 3.97. The Kier molecular flexibility index (Phi) is 12.1. The summed E-state index contributed by atoms with van der Waals surface area (Å²) in [5.74, 6) is -3.39. The number of nitrogens with one attached hydrogen (secondary N) is 3. The number of thiol groups is 1. The van der Waals surface area contributed by atoms with Crippen molar-refractivity contribution in [2.45, 2.75) is 57.3 Å². The second-order valence-corrected chi connectivity index (χ2v) is 9.55. The van der Waals surface area contributed by atoms with Crippen LogP contribution in [-0.2, 0) is 32.0 Å². The molecule has 38 heavy (non-hydrogen) atoms. The number of carbonyl (C=O) groups is 4. The van der Waals surface area contributed by atoms with Crippen LogP contribution in [0.15, 0.2) is 54.6 Å². The molecule has 0 aliphatic rings. The van der Waals surface area contributed by atoms with Gasteiger partial charge >= 0.3 is 5.97 Å². The van der Waals surface area contributed by atoms with Gasteiger partial charge in [0.15, 0.2) is 0 Å². The zero-order chi connectivity index (χ0) is 28.2. The summed E-state index contributed by atoms with van der Waals surface area (Å²) in [6, 6.07) is 11.1. The van der Waals surface area contributed by atoms with E-state index in [4.69, 9.17) is 5.73 Å². The van der Waals surface area contributed by atoms with Gasteiger partial charge in [0.2, 0.25) is 17.7 Å². The summed E-state index contributed by atoms with van der Waals surface area (Å²) in [5, 5.41) is 26.6. The predicted octanol–water partition coefficient (Wildman–Crippen LogP) is 1.02. The van der Waals surface area contributed by atoms with E-state index in [2.05, 4.69) is 28.6 Å². The van der Waals surface area contributed by atoms with E-state index in [1.165, 1.54) is 12.1 Å². The van der Waals surface area contributed by atoms with Crippen LogP contribution >= 0.6 is 12.6 Å². The van der Waals surface area contributed by atoms with Crippen LogP contribution in [0, 0.1) is 5.92 Å². The summed E-state index contributed by atoms with van der Waals surface area (Å²) in [7, 11) is 0. The normalized spacial score (nSPS) is 14.8. The molecule has 0 spiro atoms. The summed E-state index contributed by atoms with van der Waals surface area (Å²) in [5.41, 5.74) is 7.63. The van der Waals surface area contributed by atoms with E-state index in [-0.39, 0.29) is 30.3 Å². The number of aliphatic carboxylic acids is 1. The first-order chi connectivity index (χ1) is 18.0. The lowest BCUT2D eigenvalue weighted by molar-refractivity contribution is -0.142. The first-order valence-corrected chi connectivity index (χ1v) is 13.0. The van der Waals surface area contributed by atoms with Gasteiger partial charge in [-0.2, -0.15) is 12.6 Å². The SMILES string of the molecule is CCC(C)C(NC(=O)C(Cc1ccccc1)NC(=O)C(N)Cc1ccc(O)cc1)C(=O)NC(CS)C(=O)O. The molecule has 2 rings (SSSR count). The molecule has 0 saturated carbocycles. The minimum Gasteiger partial charge on any atom is -0.508 e.